The number of aliphatic carboxylic acids is 1. The van der Waals surface area contributed by atoms with Crippen molar-refractivity contribution in [1.82, 2.24) is 4.90 Å². The smallest absolute Gasteiger partial charge is 0.331 e. The summed E-state index contributed by atoms with van der Waals surface area (Å²) in [4.78, 5) is 13.3. The van der Waals surface area contributed by atoms with Gasteiger partial charge in [-0.15, -0.1) is 0 Å². The van der Waals surface area contributed by atoms with E-state index in [2.05, 4.69) is 11.0 Å². The van der Waals surface area contributed by atoms with Gasteiger partial charge in [0.25, 0.3) is 0 Å². The van der Waals surface area contributed by atoms with Gasteiger partial charge in [-0.05, 0) is 54.8 Å². The second-order valence-corrected chi connectivity index (χ2v) is 8.20. The van der Waals surface area contributed by atoms with E-state index >= 15 is 0 Å². The van der Waals surface area contributed by atoms with E-state index < -0.39 is 5.97 Å². The third kappa shape index (κ3) is 5.44. The number of nitrogens with zero attached hydrogens (tertiary/aromatic N) is 1. The van der Waals surface area contributed by atoms with Crippen LogP contribution in [0.4, 0.5) is 0 Å². The molecule has 7 heteroatoms. The highest BCUT2D eigenvalue weighted by molar-refractivity contribution is 6.32. The number of rotatable bonds is 8. The summed E-state index contributed by atoms with van der Waals surface area (Å²) in [6, 6.07) is 11.5. The Morgan fingerprint density at radius 1 is 1.22 bits per heavy atom. The first-order chi connectivity index (χ1) is 15.5. The van der Waals surface area contributed by atoms with Gasteiger partial charge in [-0.2, -0.15) is 0 Å². The van der Waals surface area contributed by atoms with Crippen LogP contribution in [0.2, 0.25) is 5.02 Å². The Morgan fingerprint density at radius 2 is 2.09 bits per heavy atom. The SMILES string of the molecule is CCOc1ccc(COc2ccc3c(c2)OCC(CN2CC=C(C(=O)O)CC2)=C3)cc1Cl. The molecule has 0 fully saturated rings. The van der Waals surface area contributed by atoms with Gasteiger partial charge < -0.3 is 19.3 Å². The van der Waals surface area contributed by atoms with Gasteiger partial charge in [-0.1, -0.05) is 23.7 Å². The molecule has 6 nitrogen and oxygen atoms in total. The zero-order valence-electron chi connectivity index (χ0n) is 18.0. The molecule has 0 atom stereocenters. The van der Waals surface area contributed by atoms with Crippen LogP contribution in [0.5, 0.6) is 17.2 Å². The predicted octanol–water partition coefficient (Wildman–Crippen LogP) is 4.81. The van der Waals surface area contributed by atoms with E-state index in [0.717, 1.165) is 35.7 Å². The first-order valence-electron chi connectivity index (χ1n) is 10.7. The summed E-state index contributed by atoms with van der Waals surface area (Å²) in [6.07, 6.45) is 4.51. The van der Waals surface area contributed by atoms with E-state index in [1.54, 1.807) is 6.08 Å². The number of halogens is 1. The van der Waals surface area contributed by atoms with Gasteiger partial charge in [0.2, 0.25) is 0 Å². The second-order valence-electron chi connectivity index (χ2n) is 7.80. The van der Waals surface area contributed by atoms with Crippen molar-refractivity contribution in [2.75, 3.05) is 32.8 Å². The normalized spacial score (nSPS) is 15.8. The molecule has 2 aliphatic heterocycles. The van der Waals surface area contributed by atoms with Gasteiger partial charge in [0, 0.05) is 36.8 Å². The number of hydrogen-bond acceptors (Lipinski definition) is 5. The molecule has 4 rings (SSSR count). The summed E-state index contributed by atoms with van der Waals surface area (Å²) in [5.41, 5.74) is 3.64. The highest BCUT2D eigenvalue weighted by Crippen LogP contribution is 2.32. The Hall–Kier alpha value is -2.96. The summed E-state index contributed by atoms with van der Waals surface area (Å²) >= 11 is 6.25. The van der Waals surface area contributed by atoms with E-state index in [1.165, 1.54) is 5.57 Å². The molecule has 2 heterocycles. The van der Waals surface area contributed by atoms with Crippen molar-refractivity contribution in [3.05, 3.63) is 69.8 Å². The minimum atomic E-state index is -0.817. The fourth-order valence-corrected chi connectivity index (χ4v) is 4.04. The van der Waals surface area contributed by atoms with Gasteiger partial charge in [-0.25, -0.2) is 4.79 Å². The molecule has 0 radical (unpaired) electrons. The van der Waals surface area contributed by atoms with Crippen molar-refractivity contribution in [3.8, 4) is 17.2 Å². The van der Waals surface area contributed by atoms with Crippen LogP contribution in [-0.4, -0.2) is 48.8 Å². The average molecular weight is 456 g/mol. The van der Waals surface area contributed by atoms with Crippen LogP contribution in [0.15, 0.2) is 53.6 Å². The number of carbonyl (C=O) groups is 1. The molecule has 32 heavy (non-hydrogen) atoms. The van der Waals surface area contributed by atoms with Crippen molar-refractivity contribution in [2.45, 2.75) is 20.0 Å². The molecule has 2 aliphatic rings. The van der Waals surface area contributed by atoms with Crippen LogP contribution in [0, 0.1) is 0 Å². The fraction of sp³-hybridized carbons (Fsp3) is 0.320. The molecule has 2 aromatic rings. The van der Waals surface area contributed by atoms with Crippen LogP contribution < -0.4 is 14.2 Å². The standard InChI is InChI=1S/C25H26ClNO5/c1-2-30-23-6-3-17(12-22(23)26)15-31-21-5-4-20-11-18(16-32-24(20)13-21)14-27-9-7-19(8-10-27)25(28)29/h3-7,11-13H,2,8-10,14-16H2,1H3,(H,28,29). The lowest BCUT2D eigenvalue weighted by Gasteiger charge is -2.27. The van der Waals surface area contributed by atoms with E-state index in [-0.39, 0.29) is 0 Å². The number of fused-ring (bicyclic) bond motifs is 1. The van der Waals surface area contributed by atoms with Gasteiger partial charge in [0.1, 0.15) is 30.5 Å². The molecular formula is C25H26ClNO5. The number of ether oxygens (including phenoxy) is 3. The summed E-state index contributed by atoms with van der Waals surface area (Å²) in [5.74, 6) is 1.38. The maximum absolute atomic E-state index is 11.1. The lowest BCUT2D eigenvalue weighted by molar-refractivity contribution is -0.133. The lowest BCUT2D eigenvalue weighted by atomic mass is 10.0. The first kappa shape index (κ1) is 22.2. The largest absolute Gasteiger partial charge is 0.492 e. The van der Waals surface area contributed by atoms with Crippen molar-refractivity contribution in [3.63, 3.8) is 0 Å². The maximum Gasteiger partial charge on any atom is 0.331 e. The Bertz CT molecular complexity index is 1060. The minimum absolute atomic E-state index is 0.396. The van der Waals surface area contributed by atoms with Crippen molar-refractivity contribution >= 4 is 23.6 Å². The summed E-state index contributed by atoms with van der Waals surface area (Å²) in [5, 5.41) is 9.66. The van der Waals surface area contributed by atoms with E-state index in [9.17, 15) is 4.79 Å². The van der Waals surface area contributed by atoms with E-state index in [4.69, 9.17) is 30.9 Å². The summed E-state index contributed by atoms with van der Waals surface area (Å²) in [6.45, 7) is 5.55. The third-order valence-corrected chi connectivity index (χ3v) is 5.75. The highest BCUT2D eigenvalue weighted by Gasteiger charge is 2.19. The Labute approximate surface area is 192 Å². The molecular weight excluding hydrogens is 430 g/mol. The molecule has 168 valence electrons. The van der Waals surface area contributed by atoms with Crippen LogP contribution >= 0.6 is 11.6 Å². The summed E-state index contributed by atoms with van der Waals surface area (Å²) < 4.78 is 17.4. The van der Waals surface area contributed by atoms with Crippen molar-refractivity contribution < 1.29 is 24.1 Å². The number of carboxylic acid groups (broad SMARTS) is 1. The molecule has 0 unspecified atom stereocenters. The van der Waals surface area contributed by atoms with Crippen LogP contribution in [0.25, 0.3) is 6.08 Å². The molecule has 2 aromatic carbocycles. The minimum Gasteiger partial charge on any atom is -0.492 e. The highest BCUT2D eigenvalue weighted by atomic mass is 35.5. The zero-order chi connectivity index (χ0) is 22.5. The maximum atomic E-state index is 11.1. The Balaban J connectivity index is 1.35. The Kier molecular flexibility index (Phi) is 7.02. The first-order valence-corrected chi connectivity index (χ1v) is 11.0. The predicted molar refractivity (Wildman–Crippen MR) is 124 cm³/mol. The summed E-state index contributed by atoms with van der Waals surface area (Å²) in [7, 11) is 0. The number of carboxylic acids is 1. The third-order valence-electron chi connectivity index (χ3n) is 5.45. The van der Waals surface area contributed by atoms with Gasteiger partial charge in [0.15, 0.2) is 0 Å². The lowest BCUT2D eigenvalue weighted by Crippen LogP contribution is -2.33. The Morgan fingerprint density at radius 3 is 2.81 bits per heavy atom. The van der Waals surface area contributed by atoms with Crippen LogP contribution in [0.3, 0.4) is 0 Å². The molecule has 0 saturated carbocycles. The van der Waals surface area contributed by atoms with Gasteiger partial charge >= 0.3 is 5.97 Å². The molecule has 0 saturated heterocycles. The number of benzene rings is 2. The van der Waals surface area contributed by atoms with Gasteiger partial charge in [-0.3, -0.25) is 4.90 Å². The molecule has 1 N–H and O–H groups in total. The topological polar surface area (TPSA) is 68.2 Å². The van der Waals surface area contributed by atoms with Crippen LogP contribution in [0.1, 0.15) is 24.5 Å². The van der Waals surface area contributed by atoms with Crippen LogP contribution in [-0.2, 0) is 11.4 Å². The quantitative estimate of drug-likeness (QED) is 0.616. The van der Waals surface area contributed by atoms with Gasteiger partial charge in [0.05, 0.1) is 11.6 Å². The zero-order valence-corrected chi connectivity index (χ0v) is 18.7. The molecule has 0 spiro atoms. The molecule has 0 bridgehead atoms. The molecule has 0 aliphatic carbocycles. The molecule has 0 amide bonds. The number of hydrogen-bond donors (Lipinski definition) is 1. The molecule has 0 aromatic heterocycles. The van der Waals surface area contributed by atoms with E-state index in [0.29, 0.717) is 49.1 Å². The van der Waals surface area contributed by atoms with E-state index in [1.807, 2.05) is 43.3 Å². The fourth-order valence-electron chi connectivity index (χ4n) is 3.78. The second kappa shape index (κ2) is 10.1. The monoisotopic (exact) mass is 455 g/mol. The average Bonchev–Trinajstić information content (AvgIpc) is 2.79. The van der Waals surface area contributed by atoms with Crippen molar-refractivity contribution in [2.24, 2.45) is 0 Å². The van der Waals surface area contributed by atoms with Crippen molar-refractivity contribution in [1.29, 1.82) is 0 Å².